The fourth-order valence-corrected chi connectivity index (χ4v) is 4.15. The summed E-state index contributed by atoms with van der Waals surface area (Å²) in [4.78, 5) is 18.9. The monoisotopic (exact) mass is 397 g/mol. The molecule has 1 aromatic carbocycles. The standard InChI is InChI=1S/C21H27N5O3/c1-21-13-17(21)23-18(25(21)2)14-4-5-16-15(12-14)19(26-6-8-28-9-7-26)24-20(22-16)29-11-10-27-3/h4-5,12,17H,6-11,13H2,1-3H3. The molecule has 5 rings (SSSR count). The maximum Gasteiger partial charge on any atom is 0.319 e. The van der Waals surface area contributed by atoms with Gasteiger partial charge in [0.2, 0.25) is 0 Å². The second-order valence-corrected chi connectivity index (χ2v) is 8.09. The van der Waals surface area contributed by atoms with E-state index in [0.29, 0.717) is 38.5 Å². The van der Waals surface area contributed by atoms with E-state index < -0.39 is 0 Å². The van der Waals surface area contributed by atoms with Gasteiger partial charge in [-0.15, -0.1) is 0 Å². The summed E-state index contributed by atoms with van der Waals surface area (Å²) in [7, 11) is 3.79. The molecule has 2 fully saturated rings. The van der Waals surface area contributed by atoms with E-state index in [0.717, 1.165) is 47.6 Å². The fourth-order valence-electron chi connectivity index (χ4n) is 4.15. The first kappa shape index (κ1) is 18.6. The van der Waals surface area contributed by atoms with Crippen molar-refractivity contribution in [1.82, 2.24) is 14.9 Å². The molecule has 2 aromatic rings. The van der Waals surface area contributed by atoms with Crippen molar-refractivity contribution in [3.8, 4) is 6.01 Å². The third-order valence-corrected chi connectivity index (χ3v) is 6.27. The zero-order valence-electron chi connectivity index (χ0n) is 17.2. The molecule has 0 radical (unpaired) electrons. The predicted octanol–water partition coefficient (Wildman–Crippen LogP) is 1.71. The molecule has 8 heteroatoms. The Bertz CT molecular complexity index is 959. The van der Waals surface area contributed by atoms with Crippen LogP contribution in [-0.2, 0) is 9.47 Å². The number of methoxy groups -OCH3 is 1. The molecule has 154 valence electrons. The molecule has 2 unspecified atom stereocenters. The third-order valence-electron chi connectivity index (χ3n) is 6.27. The number of anilines is 1. The Morgan fingerprint density at radius 2 is 2.03 bits per heavy atom. The highest BCUT2D eigenvalue weighted by molar-refractivity contribution is 6.05. The number of benzene rings is 1. The Morgan fingerprint density at radius 1 is 1.21 bits per heavy atom. The number of hydrogen-bond donors (Lipinski definition) is 0. The van der Waals surface area contributed by atoms with Gasteiger partial charge in [-0.2, -0.15) is 9.97 Å². The van der Waals surface area contributed by atoms with Gasteiger partial charge in [0, 0.05) is 38.2 Å². The van der Waals surface area contributed by atoms with Crippen LogP contribution < -0.4 is 9.64 Å². The maximum absolute atomic E-state index is 5.73. The topological polar surface area (TPSA) is 72.3 Å². The minimum atomic E-state index is 0.187. The zero-order chi connectivity index (χ0) is 20.0. The van der Waals surface area contributed by atoms with E-state index in [4.69, 9.17) is 24.2 Å². The number of nitrogens with zero attached hydrogens (tertiary/aromatic N) is 5. The molecule has 1 aromatic heterocycles. The quantitative estimate of drug-likeness (QED) is 0.687. The number of fused-ring (bicyclic) bond motifs is 2. The number of aromatic nitrogens is 2. The van der Waals surface area contributed by atoms with Crippen LogP contribution >= 0.6 is 0 Å². The number of aliphatic imine (C=N–C) groups is 1. The van der Waals surface area contributed by atoms with Crippen molar-refractivity contribution in [3.05, 3.63) is 23.8 Å². The molecule has 0 bridgehead atoms. The Labute approximate surface area is 170 Å². The van der Waals surface area contributed by atoms with Gasteiger partial charge in [-0.25, -0.2) is 0 Å². The number of amidine groups is 1. The zero-order valence-corrected chi connectivity index (χ0v) is 17.2. The summed E-state index contributed by atoms with van der Waals surface area (Å²) >= 11 is 0. The highest BCUT2D eigenvalue weighted by Crippen LogP contribution is 2.49. The molecule has 0 spiro atoms. The minimum Gasteiger partial charge on any atom is -0.461 e. The molecule has 0 N–H and O–H groups in total. The van der Waals surface area contributed by atoms with Crippen molar-refractivity contribution < 1.29 is 14.2 Å². The van der Waals surface area contributed by atoms with Gasteiger partial charge in [-0.05, 0) is 31.5 Å². The molecule has 2 atom stereocenters. The smallest absolute Gasteiger partial charge is 0.319 e. The van der Waals surface area contributed by atoms with Gasteiger partial charge in [0.1, 0.15) is 18.3 Å². The second-order valence-electron chi connectivity index (χ2n) is 8.09. The molecule has 3 aliphatic rings. The molecule has 3 heterocycles. The van der Waals surface area contributed by atoms with E-state index in [9.17, 15) is 0 Å². The van der Waals surface area contributed by atoms with Crippen molar-refractivity contribution >= 4 is 22.6 Å². The van der Waals surface area contributed by atoms with Crippen LogP contribution in [0.4, 0.5) is 5.82 Å². The third kappa shape index (κ3) is 3.20. The summed E-state index contributed by atoms with van der Waals surface area (Å²) in [5, 5.41) is 1.02. The van der Waals surface area contributed by atoms with Gasteiger partial charge in [0.25, 0.3) is 0 Å². The van der Waals surface area contributed by atoms with Gasteiger partial charge in [-0.3, -0.25) is 4.99 Å². The van der Waals surface area contributed by atoms with Crippen LogP contribution in [0.2, 0.25) is 0 Å². The van der Waals surface area contributed by atoms with E-state index >= 15 is 0 Å². The molecular formula is C21H27N5O3. The highest BCUT2D eigenvalue weighted by Gasteiger charge is 2.58. The Kier molecular flexibility index (Phi) is 4.55. The van der Waals surface area contributed by atoms with Crippen LogP contribution in [0.5, 0.6) is 6.01 Å². The first-order valence-electron chi connectivity index (χ1n) is 10.2. The average Bonchev–Trinajstić information content (AvgIpc) is 3.35. The molecule has 0 amide bonds. The molecule has 8 nitrogen and oxygen atoms in total. The lowest BCUT2D eigenvalue weighted by atomic mass is 10.1. The van der Waals surface area contributed by atoms with E-state index in [1.165, 1.54) is 0 Å². The first-order chi connectivity index (χ1) is 14.1. The number of hydrogen-bond acceptors (Lipinski definition) is 8. The predicted molar refractivity (Wildman–Crippen MR) is 111 cm³/mol. The van der Waals surface area contributed by atoms with Crippen LogP contribution in [0.15, 0.2) is 23.2 Å². The number of rotatable bonds is 6. The van der Waals surface area contributed by atoms with Gasteiger partial charge in [-0.1, -0.05) is 0 Å². The molecule has 1 aliphatic carbocycles. The molecule has 1 saturated heterocycles. The maximum atomic E-state index is 5.73. The number of ether oxygens (including phenoxy) is 3. The van der Waals surface area contributed by atoms with Crippen LogP contribution in [-0.4, -0.2) is 86.0 Å². The van der Waals surface area contributed by atoms with E-state index in [-0.39, 0.29) is 5.54 Å². The average molecular weight is 397 g/mol. The largest absolute Gasteiger partial charge is 0.461 e. The van der Waals surface area contributed by atoms with Crippen LogP contribution in [0.25, 0.3) is 10.9 Å². The highest BCUT2D eigenvalue weighted by atomic mass is 16.5. The van der Waals surface area contributed by atoms with Gasteiger partial charge >= 0.3 is 6.01 Å². The summed E-state index contributed by atoms with van der Waals surface area (Å²) in [6, 6.07) is 7.11. The van der Waals surface area contributed by atoms with E-state index in [2.05, 4.69) is 40.9 Å². The lowest BCUT2D eigenvalue weighted by molar-refractivity contribution is 0.122. The minimum absolute atomic E-state index is 0.187. The SMILES string of the molecule is COCCOc1nc(N2CCOCC2)c2cc(C3=NC4CC4(C)N3C)ccc2n1. The van der Waals surface area contributed by atoms with Crippen molar-refractivity contribution in [2.75, 3.05) is 58.6 Å². The second kappa shape index (κ2) is 7.11. The molecular weight excluding hydrogens is 370 g/mol. The van der Waals surface area contributed by atoms with E-state index in [1.807, 2.05) is 6.07 Å². The summed E-state index contributed by atoms with van der Waals surface area (Å²) < 4.78 is 16.3. The van der Waals surface area contributed by atoms with E-state index in [1.54, 1.807) is 7.11 Å². The van der Waals surface area contributed by atoms with Gasteiger partial charge in [0.15, 0.2) is 0 Å². The van der Waals surface area contributed by atoms with Crippen LogP contribution in [0, 0.1) is 0 Å². The molecule has 2 aliphatic heterocycles. The van der Waals surface area contributed by atoms with Gasteiger partial charge in [0.05, 0.1) is 36.9 Å². The fraction of sp³-hybridized carbons (Fsp3) is 0.571. The van der Waals surface area contributed by atoms with Crippen LogP contribution in [0.3, 0.4) is 0 Å². The Balaban J connectivity index is 1.54. The number of morpholine rings is 1. The van der Waals surface area contributed by atoms with Crippen LogP contribution in [0.1, 0.15) is 18.9 Å². The summed E-state index contributed by atoms with van der Waals surface area (Å²) in [5.74, 6) is 1.95. The summed E-state index contributed by atoms with van der Waals surface area (Å²) in [6.45, 7) is 6.19. The lowest BCUT2D eigenvalue weighted by Crippen LogP contribution is -2.37. The summed E-state index contributed by atoms with van der Waals surface area (Å²) in [6.07, 6.45) is 1.14. The number of likely N-dealkylation sites (N-methyl/N-ethyl adjacent to an activating group) is 1. The molecule has 29 heavy (non-hydrogen) atoms. The van der Waals surface area contributed by atoms with Crippen molar-refractivity contribution in [2.24, 2.45) is 4.99 Å². The Hall–Kier alpha value is -2.45. The van der Waals surface area contributed by atoms with Crippen molar-refractivity contribution in [1.29, 1.82) is 0 Å². The first-order valence-corrected chi connectivity index (χ1v) is 10.2. The normalized spacial score (nSPS) is 25.9. The van der Waals surface area contributed by atoms with Gasteiger partial charge < -0.3 is 24.0 Å². The Morgan fingerprint density at radius 3 is 2.76 bits per heavy atom. The summed E-state index contributed by atoms with van der Waals surface area (Å²) in [5.41, 5.74) is 2.17. The molecule has 1 saturated carbocycles. The lowest BCUT2D eigenvalue weighted by Gasteiger charge is -2.29. The van der Waals surface area contributed by atoms with Crippen molar-refractivity contribution in [3.63, 3.8) is 0 Å². The van der Waals surface area contributed by atoms with Crippen molar-refractivity contribution in [2.45, 2.75) is 24.9 Å².